The first kappa shape index (κ1) is 27.7. The Hall–Kier alpha value is -3.30. The molecule has 0 bridgehead atoms. The lowest BCUT2D eigenvalue weighted by Crippen LogP contribution is -2.45. The SMILES string of the molecule is CC.COc1ncnc(OC)c1-n1c(NSC2CC(O)CN(c3ncc(F)cn3)C2)nnc1C1CCCO1. The lowest BCUT2D eigenvalue weighted by molar-refractivity contribution is 0.103. The number of rotatable bonds is 8. The molecule has 2 aliphatic rings. The van der Waals surface area contributed by atoms with Gasteiger partial charge >= 0.3 is 0 Å². The average Bonchev–Trinajstić information content (AvgIpc) is 3.62. The number of anilines is 2. The molecule has 15 heteroatoms. The highest BCUT2D eigenvalue weighted by molar-refractivity contribution is 8.01. The van der Waals surface area contributed by atoms with Gasteiger partial charge in [-0.3, -0.25) is 9.29 Å². The molecule has 0 aliphatic carbocycles. The van der Waals surface area contributed by atoms with E-state index in [1.54, 1.807) is 4.57 Å². The molecule has 0 saturated carbocycles. The second-order valence-electron chi connectivity index (χ2n) is 8.30. The van der Waals surface area contributed by atoms with Gasteiger partial charge in [-0.15, -0.1) is 10.2 Å². The van der Waals surface area contributed by atoms with E-state index in [2.05, 4.69) is 34.9 Å². The van der Waals surface area contributed by atoms with Gasteiger partial charge in [0.1, 0.15) is 12.4 Å². The van der Waals surface area contributed by atoms with Gasteiger partial charge in [-0.25, -0.2) is 14.4 Å². The van der Waals surface area contributed by atoms with Crippen LogP contribution < -0.4 is 19.1 Å². The molecule has 2 saturated heterocycles. The molecule has 3 aromatic heterocycles. The fraction of sp³-hybridized carbons (Fsp3) is 0.565. The highest BCUT2D eigenvalue weighted by Gasteiger charge is 2.32. The highest BCUT2D eigenvalue weighted by atomic mass is 32.2. The van der Waals surface area contributed by atoms with E-state index in [9.17, 15) is 9.50 Å². The minimum atomic E-state index is -0.602. The summed E-state index contributed by atoms with van der Waals surface area (Å²) in [7, 11) is 3.03. The van der Waals surface area contributed by atoms with Crippen LogP contribution in [0, 0.1) is 5.82 Å². The van der Waals surface area contributed by atoms with Crippen molar-refractivity contribution in [3.8, 4) is 17.4 Å². The summed E-state index contributed by atoms with van der Waals surface area (Å²) in [5.74, 6) is 1.42. The minimum Gasteiger partial charge on any atom is -0.479 e. The van der Waals surface area contributed by atoms with Gasteiger partial charge in [0, 0.05) is 24.9 Å². The normalized spacial score (nSPS) is 21.0. The molecule has 0 amide bonds. The van der Waals surface area contributed by atoms with Crippen LogP contribution in [-0.4, -0.2) is 85.1 Å². The van der Waals surface area contributed by atoms with Crippen LogP contribution in [0.5, 0.6) is 11.8 Å². The first-order valence-corrected chi connectivity index (χ1v) is 13.3. The van der Waals surface area contributed by atoms with E-state index in [1.807, 2.05) is 18.7 Å². The third-order valence-corrected chi connectivity index (χ3v) is 6.84. The Labute approximate surface area is 224 Å². The number of nitrogens with zero attached hydrogens (tertiary/aromatic N) is 8. The van der Waals surface area contributed by atoms with Gasteiger partial charge < -0.3 is 24.2 Å². The van der Waals surface area contributed by atoms with Gasteiger partial charge in [-0.05, 0) is 31.2 Å². The fourth-order valence-electron chi connectivity index (χ4n) is 4.29. The largest absolute Gasteiger partial charge is 0.479 e. The number of β-amino-alcohol motifs (C(OH)–C–C–N with tert-alkyl or cyclic N) is 1. The summed E-state index contributed by atoms with van der Waals surface area (Å²) < 4.78 is 35.2. The number of nitrogens with one attached hydrogen (secondary N) is 1. The van der Waals surface area contributed by atoms with E-state index in [4.69, 9.17) is 14.2 Å². The molecule has 2 fully saturated rings. The summed E-state index contributed by atoms with van der Waals surface area (Å²) in [6, 6.07) is 0. The summed E-state index contributed by atoms with van der Waals surface area (Å²) in [5, 5.41) is 19.2. The highest BCUT2D eigenvalue weighted by Crippen LogP contribution is 2.37. The third kappa shape index (κ3) is 6.05. The van der Waals surface area contributed by atoms with Gasteiger partial charge in [0.05, 0.1) is 32.7 Å². The topological polar surface area (TPSA) is 145 Å². The number of aliphatic hydroxyl groups is 1. The Morgan fingerprint density at radius 1 is 1.08 bits per heavy atom. The molecular formula is C23H32FN9O4S. The Bertz CT molecular complexity index is 1160. The number of ether oxygens (including phenoxy) is 3. The summed E-state index contributed by atoms with van der Waals surface area (Å²) in [6.07, 6.45) is 4.96. The molecule has 5 heterocycles. The van der Waals surface area contributed by atoms with Crippen LogP contribution >= 0.6 is 11.9 Å². The quantitative estimate of drug-likeness (QED) is 0.397. The van der Waals surface area contributed by atoms with Crippen molar-refractivity contribution in [2.45, 2.75) is 50.6 Å². The van der Waals surface area contributed by atoms with Crippen molar-refractivity contribution in [3.05, 3.63) is 30.4 Å². The van der Waals surface area contributed by atoms with E-state index in [0.29, 0.717) is 61.3 Å². The molecule has 0 spiro atoms. The molecular weight excluding hydrogens is 517 g/mol. The van der Waals surface area contributed by atoms with E-state index in [1.165, 1.54) is 32.5 Å². The third-order valence-electron chi connectivity index (χ3n) is 5.87. The van der Waals surface area contributed by atoms with E-state index in [0.717, 1.165) is 25.2 Å². The van der Waals surface area contributed by atoms with Gasteiger partial charge in [-0.2, -0.15) is 9.97 Å². The number of aliphatic hydroxyl groups excluding tert-OH is 1. The van der Waals surface area contributed by atoms with E-state index >= 15 is 0 Å². The summed E-state index contributed by atoms with van der Waals surface area (Å²) >= 11 is 1.38. The van der Waals surface area contributed by atoms with Crippen molar-refractivity contribution in [2.24, 2.45) is 0 Å². The monoisotopic (exact) mass is 549 g/mol. The number of hydrogen-bond donors (Lipinski definition) is 2. The Morgan fingerprint density at radius 3 is 2.42 bits per heavy atom. The first-order valence-electron chi connectivity index (χ1n) is 12.4. The zero-order valence-electron chi connectivity index (χ0n) is 21.7. The lowest BCUT2D eigenvalue weighted by Gasteiger charge is -2.35. The molecule has 2 aliphatic heterocycles. The lowest BCUT2D eigenvalue weighted by atomic mass is 10.1. The predicted octanol–water partition coefficient (Wildman–Crippen LogP) is 2.58. The van der Waals surface area contributed by atoms with Gasteiger partial charge in [0.25, 0.3) is 0 Å². The summed E-state index contributed by atoms with van der Waals surface area (Å²) in [5.41, 5.74) is 0.450. The molecule has 5 rings (SSSR count). The Balaban J connectivity index is 0.00000164. The molecule has 2 N–H and O–H groups in total. The first-order chi connectivity index (χ1) is 18.6. The summed E-state index contributed by atoms with van der Waals surface area (Å²) in [6.45, 7) is 5.53. The van der Waals surface area contributed by atoms with Crippen LogP contribution in [0.1, 0.15) is 45.0 Å². The maximum atomic E-state index is 13.3. The second kappa shape index (κ2) is 13.0. The molecule has 0 aromatic carbocycles. The standard InChI is InChI=1S/C21H26FN9O4S.C2H6/c1-33-18-16(19(34-2)26-11-25-18)31-17(15-4-3-5-35-15)27-28-21(31)29-36-14-6-13(32)9-30(10-14)20-23-7-12(22)8-24-20;1-2/h7-8,11,13-15,32H,3-6,9-10H2,1-2H3,(H,28,29);1-2H3. The minimum absolute atomic E-state index is 0.0606. The van der Waals surface area contributed by atoms with Crippen molar-refractivity contribution in [1.29, 1.82) is 0 Å². The molecule has 3 atom stereocenters. The smallest absolute Gasteiger partial charge is 0.245 e. The van der Waals surface area contributed by atoms with Crippen LogP contribution in [-0.2, 0) is 4.74 Å². The van der Waals surface area contributed by atoms with Crippen molar-refractivity contribution in [1.82, 2.24) is 34.7 Å². The zero-order chi connectivity index (χ0) is 27.1. The van der Waals surface area contributed by atoms with Crippen LogP contribution in [0.25, 0.3) is 5.69 Å². The Morgan fingerprint density at radius 2 is 1.79 bits per heavy atom. The van der Waals surface area contributed by atoms with Crippen molar-refractivity contribution in [3.63, 3.8) is 0 Å². The molecule has 3 aromatic rings. The van der Waals surface area contributed by atoms with E-state index in [-0.39, 0.29) is 11.4 Å². The molecule has 38 heavy (non-hydrogen) atoms. The van der Waals surface area contributed by atoms with Crippen LogP contribution in [0.2, 0.25) is 0 Å². The van der Waals surface area contributed by atoms with Crippen molar-refractivity contribution in [2.75, 3.05) is 43.5 Å². The fourth-order valence-corrected chi connectivity index (χ4v) is 5.27. The number of halogens is 1. The van der Waals surface area contributed by atoms with E-state index < -0.39 is 11.9 Å². The molecule has 0 radical (unpaired) electrons. The number of aromatic nitrogens is 7. The number of piperidine rings is 1. The summed E-state index contributed by atoms with van der Waals surface area (Å²) in [4.78, 5) is 18.4. The maximum absolute atomic E-state index is 13.3. The molecule has 3 unspecified atom stereocenters. The van der Waals surface area contributed by atoms with Crippen molar-refractivity contribution >= 4 is 23.8 Å². The van der Waals surface area contributed by atoms with Crippen molar-refractivity contribution < 1.29 is 23.7 Å². The predicted molar refractivity (Wildman–Crippen MR) is 139 cm³/mol. The van der Waals surface area contributed by atoms with Crippen LogP contribution in [0.3, 0.4) is 0 Å². The van der Waals surface area contributed by atoms with Gasteiger partial charge in [0.2, 0.25) is 23.7 Å². The average molecular weight is 550 g/mol. The molecule has 206 valence electrons. The molecule has 13 nitrogen and oxygen atoms in total. The van der Waals surface area contributed by atoms with Crippen LogP contribution in [0.4, 0.5) is 16.3 Å². The van der Waals surface area contributed by atoms with Gasteiger partial charge in [0.15, 0.2) is 17.3 Å². The maximum Gasteiger partial charge on any atom is 0.245 e. The number of hydrogen-bond acceptors (Lipinski definition) is 13. The Kier molecular flexibility index (Phi) is 9.47. The second-order valence-corrected chi connectivity index (χ2v) is 9.40. The zero-order valence-corrected chi connectivity index (χ0v) is 22.6. The van der Waals surface area contributed by atoms with Gasteiger partial charge in [-0.1, -0.05) is 13.8 Å². The van der Waals surface area contributed by atoms with Crippen LogP contribution in [0.15, 0.2) is 18.7 Å². The number of methoxy groups -OCH3 is 2.